The van der Waals surface area contributed by atoms with Crippen molar-refractivity contribution in [2.24, 2.45) is 0 Å². The number of nitrogens with zero attached hydrogens (tertiary/aromatic N) is 2. The molecule has 2 aliphatic heterocycles. The number of rotatable bonds is 2. The van der Waals surface area contributed by atoms with E-state index in [1.807, 2.05) is 0 Å². The zero-order valence-corrected chi connectivity index (χ0v) is 35.1. The van der Waals surface area contributed by atoms with E-state index in [1.54, 1.807) is 0 Å². The fraction of sp³-hybridized carbons (Fsp3) is 0.400. The van der Waals surface area contributed by atoms with Crippen molar-refractivity contribution in [2.75, 3.05) is 9.80 Å². The molecule has 5 aromatic carbocycles. The lowest BCUT2D eigenvalue weighted by Crippen LogP contribution is -2.61. The van der Waals surface area contributed by atoms with Crippen LogP contribution in [0.3, 0.4) is 0 Å². The van der Waals surface area contributed by atoms with E-state index < -0.39 is 0 Å². The van der Waals surface area contributed by atoms with Crippen LogP contribution in [0.2, 0.25) is 0 Å². The summed E-state index contributed by atoms with van der Waals surface area (Å²) in [5.41, 5.74) is 15.0. The molecule has 0 aromatic heterocycles. The molecule has 0 fully saturated rings. The molecule has 5 aromatic rings. The number of anilines is 6. The molecule has 0 aliphatic carbocycles. The van der Waals surface area contributed by atoms with Gasteiger partial charge in [-0.25, -0.2) is 0 Å². The first-order valence-corrected chi connectivity index (χ1v) is 19.6. The Labute approximate surface area is 324 Å². The van der Waals surface area contributed by atoms with Crippen molar-refractivity contribution in [3.63, 3.8) is 0 Å². The lowest BCUT2D eigenvalue weighted by Gasteiger charge is -2.45. The molecule has 7 rings (SSSR count). The zero-order valence-electron chi connectivity index (χ0n) is 37.1. The molecular weight excluding hydrogens is 639 g/mol. The van der Waals surface area contributed by atoms with Gasteiger partial charge in [0.15, 0.2) is 0 Å². The van der Waals surface area contributed by atoms with Gasteiger partial charge in [0.05, 0.1) is 2.74 Å². The van der Waals surface area contributed by atoms with Crippen molar-refractivity contribution in [2.45, 2.75) is 131 Å². The van der Waals surface area contributed by atoms with Crippen LogP contribution in [0, 0.1) is 0 Å². The summed E-state index contributed by atoms with van der Waals surface area (Å²) in [5, 5.41) is 0. The summed E-state index contributed by atoms with van der Waals surface area (Å²) < 4.78 is 20.0. The molecule has 0 bridgehead atoms. The average molecular weight is 703 g/mol. The van der Waals surface area contributed by atoms with Crippen molar-refractivity contribution in [3.8, 4) is 0 Å². The van der Waals surface area contributed by atoms with Gasteiger partial charge in [0, 0.05) is 34.1 Å². The van der Waals surface area contributed by atoms with Gasteiger partial charge in [0.2, 0.25) is 0 Å². The van der Waals surface area contributed by atoms with Crippen molar-refractivity contribution in [1.82, 2.24) is 0 Å². The lowest BCUT2D eigenvalue weighted by molar-refractivity contribution is 0.569. The van der Waals surface area contributed by atoms with Crippen LogP contribution in [-0.2, 0) is 27.1 Å². The Balaban J connectivity index is 1.63. The van der Waals surface area contributed by atoms with E-state index in [9.17, 15) is 2.74 Å². The van der Waals surface area contributed by atoms with Gasteiger partial charge in [-0.15, -0.1) is 0 Å². The lowest BCUT2D eigenvalue weighted by atomic mass is 9.33. The minimum Gasteiger partial charge on any atom is -0.311 e. The Morgan fingerprint density at radius 2 is 0.849 bits per heavy atom. The van der Waals surface area contributed by atoms with Gasteiger partial charge < -0.3 is 9.80 Å². The van der Waals surface area contributed by atoms with Crippen LogP contribution in [0.25, 0.3) is 0 Å². The maximum absolute atomic E-state index is 9.99. The summed E-state index contributed by atoms with van der Waals surface area (Å²) in [5.74, 6) is 0. The third-order valence-corrected chi connectivity index (χ3v) is 11.4. The molecule has 2 heterocycles. The molecule has 2 nitrogen and oxygen atoms in total. The fourth-order valence-electron chi connectivity index (χ4n) is 7.92. The molecule has 0 amide bonds. The van der Waals surface area contributed by atoms with Gasteiger partial charge in [-0.2, -0.15) is 0 Å². The average Bonchev–Trinajstić information content (AvgIpc) is 3.06. The number of hydrogen-bond donors (Lipinski definition) is 0. The first-order chi connectivity index (χ1) is 25.3. The molecule has 0 spiro atoms. The van der Waals surface area contributed by atoms with E-state index in [0.29, 0.717) is 17.8 Å². The minimum absolute atomic E-state index is 0.0369. The van der Waals surface area contributed by atoms with Gasteiger partial charge in [-0.05, 0) is 120 Å². The van der Waals surface area contributed by atoms with Crippen LogP contribution >= 0.6 is 0 Å². The second kappa shape index (κ2) is 12.1. The number of fused-ring (bicyclic) bond motifs is 4. The predicted octanol–water partition coefficient (Wildman–Crippen LogP) is 12.3. The normalized spacial score (nSPS) is 15.1. The molecule has 3 heteroatoms. The van der Waals surface area contributed by atoms with Gasteiger partial charge in [-0.3, -0.25) is 0 Å². The highest BCUT2D eigenvalue weighted by Crippen LogP contribution is 2.46. The van der Waals surface area contributed by atoms with Crippen molar-refractivity contribution >= 4 is 57.2 Å². The Bertz CT molecular complexity index is 2280. The van der Waals surface area contributed by atoms with Gasteiger partial charge in [0.1, 0.15) is 0 Å². The molecule has 0 N–H and O–H groups in total. The first-order valence-electron chi connectivity index (χ1n) is 20.6. The van der Waals surface area contributed by atoms with E-state index >= 15 is 0 Å². The second-order valence-corrected chi connectivity index (χ2v) is 20.7. The third kappa shape index (κ3) is 6.53. The monoisotopic (exact) mass is 703 g/mol. The molecule has 0 radical (unpaired) electrons. The predicted molar refractivity (Wildman–Crippen MR) is 234 cm³/mol. The highest BCUT2D eigenvalue weighted by Gasteiger charge is 2.44. The van der Waals surface area contributed by atoms with E-state index in [4.69, 9.17) is 0 Å². The SMILES string of the molecule is [2H]c1c(C(C)(C)C)cc(C(C)(C)C)c([2H])c1N1c2cc(C(C)(C)C)ccc2B2c3cc(C(C)(C)C)ccc3N(c3ccc(C(C)(C)C)cc3)c3cccc1c32. The number of hydrogen-bond acceptors (Lipinski definition) is 2. The highest BCUT2D eigenvalue weighted by atomic mass is 15.2. The third-order valence-electron chi connectivity index (χ3n) is 11.4. The van der Waals surface area contributed by atoms with E-state index in [-0.39, 0.29) is 33.8 Å². The standard InChI is InChI=1S/C50H61BN2/c1-46(2,3)32-19-23-37(24-20-32)52-41-26-22-33(47(4,5)6)30-40(41)51-39-25-21-34(48(7,8)9)31-44(39)53(43-18-16-17-42(52)45(43)51)38-28-35(49(10,11)12)27-36(29-38)50(13,14)15/h16-31H,1-15H3/i28D,29D. The summed E-state index contributed by atoms with van der Waals surface area (Å²) in [4.78, 5) is 4.75. The number of benzene rings is 5. The highest BCUT2D eigenvalue weighted by molar-refractivity contribution is 7.00. The van der Waals surface area contributed by atoms with Crippen LogP contribution in [0.15, 0.2) is 97.0 Å². The van der Waals surface area contributed by atoms with E-state index in [0.717, 1.165) is 33.9 Å². The molecule has 0 unspecified atom stereocenters. The largest absolute Gasteiger partial charge is 0.311 e. The van der Waals surface area contributed by atoms with Crippen LogP contribution in [0.4, 0.5) is 34.1 Å². The topological polar surface area (TPSA) is 6.48 Å². The van der Waals surface area contributed by atoms with Gasteiger partial charge in [-0.1, -0.05) is 152 Å². The smallest absolute Gasteiger partial charge is 0.252 e. The van der Waals surface area contributed by atoms with Crippen molar-refractivity contribution < 1.29 is 2.74 Å². The minimum atomic E-state index is -0.289. The summed E-state index contributed by atoms with van der Waals surface area (Å²) >= 11 is 0. The van der Waals surface area contributed by atoms with Crippen LogP contribution < -0.4 is 26.2 Å². The molecular formula is C50H61BN2. The molecule has 0 saturated carbocycles. The second-order valence-electron chi connectivity index (χ2n) is 20.7. The van der Waals surface area contributed by atoms with Gasteiger partial charge >= 0.3 is 0 Å². The molecule has 274 valence electrons. The molecule has 53 heavy (non-hydrogen) atoms. The Hall–Kier alpha value is -4.24. The molecule has 0 saturated heterocycles. The fourth-order valence-corrected chi connectivity index (χ4v) is 7.92. The summed E-state index contributed by atoms with van der Waals surface area (Å²) in [6.45, 7) is 33.6. The van der Waals surface area contributed by atoms with Crippen molar-refractivity contribution in [3.05, 3.63) is 125 Å². The summed E-state index contributed by atoms with van der Waals surface area (Å²) in [6.07, 6.45) is 0. The van der Waals surface area contributed by atoms with Crippen LogP contribution in [0.1, 0.15) is 134 Å². The maximum Gasteiger partial charge on any atom is 0.252 e. The Morgan fingerprint density at radius 3 is 1.36 bits per heavy atom. The van der Waals surface area contributed by atoms with E-state index in [1.165, 1.54) is 38.8 Å². The Morgan fingerprint density at radius 1 is 0.396 bits per heavy atom. The zero-order chi connectivity index (χ0) is 40.4. The van der Waals surface area contributed by atoms with Crippen LogP contribution in [-0.4, -0.2) is 6.71 Å². The Kier molecular flexibility index (Phi) is 7.91. The quantitative estimate of drug-likeness (QED) is 0.166. The molecule has 0 atom stereocenters. The molecule has 2 aliphatic rings. The van der Waals surface area contributed by atoms with E-state index in [2.05, 4.69) is 199 Å². The van der Waals surface area contributed by atoms with Crippen molar-refractivity contribution in [1.29, 1.82) is 0 Å². The van der Waals surface area contributed by atoms with Gasteiger partial charge in [0.25, 0.3) is 6.71 Å². The van der Waals surface area contributed by atoms with Crippen LogP contribution in [0.5, 0.6) is 0 Å². The first kappa shape index (κ1) is 34.5. The maximum atomic E-state index is 9.99. The summed E-state index contributed by atoms with van der Waals surface area (Å²) in [7, 11) is 0. The summed E-state index contributed by atoms with van der Waals surface area (Å²) in [6, 6.07) is 32.9.